The molecule has 1 saturated heterocycles. The quantitative estimate of drug-likeness (QED) is 0.394. The van der Waals surface area contributed by atoms with Gasteiger partial charge in [0.05, 0.1) is 17.1 Å². The molecule has 0 saturated carbocycles. The average molecular weight is 425 g/mol. The number of non-ortho nitro benzene ring substituents is 1. The van der Waals surface area contributed by atoms with Gasteiger partial charge in [-0.2, -0.15) is 0 Å². The van der Waals surface area contributed by atoms with Gasteiger partial charge in [0.1, 0.15) is 0 Å². The molecule has 1 aliphatic rings. The smallest absolute Gasteiger partial charge is 0.338 e. The van der Waals surface area contributed by atoms with Crippen molar-refractivity contribution in [3.63, 3.8) is 0 Å². The van der Waals surface area contributed by atoms with Crippen LogP contribution in [0.4, 0.5) is 5.69 Å². The average Bonchev–Trinajstić information content (AvgIpc) is 2.78. The van der Waals surface area contributed by atoms with E-state index >= 15 is 0 Å². The number of hydrogen-bond acceptors (Lipinski definition) is 6. The molecule has 1 aliphatic heterocycles. The highest BCUT2D eigenvalue weighted by atomic mass is 16.6. The third-order valence-corrected chi connectivity index (χ3v) is 5.38. The Hall–Kier alpha value is -3.26. The molecule has 0 bridgehead atoms. The maximum atomic E-state index is 12.8. The number of piperidine rings is 1. The second-order valence-electron chi connectivity index (χ2n) is 7.56. The molecule has 1 amide bonds. The Morgan fingerprint density at radius 2 is 1.90 bits per heavy atom. The van der Waals surface area contributed by atoms with Crippen LogP contribution in [0.5, 0.6) is 0 Å². The molecule has 0 spiro atoms. The molecule has 8 heteroatoms. The first-order valence-electron chi connectivity index (χ1n) is 10.5. The normalized spacial score (nSPS) is 16.5. The Labute approximate surface area is 181 Å². The van der Waals surface area contributed by atoms with Crippen LogP contribution in [0.2, 0.25) is 0 Å². The van der Waals surface area contributed by atoms with Crippen LogP contribution in [-0.2, 0) is 11.3 Å². The van der Waals surface area contributed by atoms with Gasteiger partial charge < -0.3 is 10.1 Å². The van der Waals surface area contributed by atoms with Crippen molar-refractivity contribution >= 4 is 17.6 Å². The van der Waals surface area contributed by atoms with Crippen molar-refractivity contribution < 1.29 is 19.2 Å². The minimum absolute atomic E-state index is 0.00966. The first-order valence-corrected chi connectivity index (χ1v) is 10.5. The van der Waals surface area contributed by atoms with Gasteiger partial charge in [0.15, 0.2) is 0 Å². The van der Waals surface area contributed by atoms with Gasteiger partial charge in [-0.05, 0) is 37.9 Å². The highest BCUT2D eigenvalue weighted by molar-refractivity contribution is 5.99. The van der Waals surface area contributed by atoms with Crippen molar-refractivity contribution in [3.05, 3.63) is 75.3 Å². The number of benzene rings is 2. The van der Waals surface area contributed by atoms with Crippen molar-refractivity contribution in [2.75, 3.05) is 19.7 Å². The number of ether oxygens (including phenoxy) is 1. The minimum Gasteiger partial charge on any atom is -0.462 e. The number of likely N-dealkylation sites (tertiary alicyclic amines) is 1. The number of carbonyl (C=O) groups excluding carboxylic acids is 2. The van der Waals surface area contributed by atoms with Crippen LogP contribution < -0.4 is 5.32 Å². The number of carbonyl (C=O) groups is 2. The number of rotatable bonds is 8. The van der Waals surface area contributed by atoms with Gasteiger partial charge >= 0.3 is 5.97 Å². The zero-order valence-corrected chi connectivity index (χ0v) is 17.6. The summed E-state index contributed by atoms with van der Waals surface area (Å²) >= 11 is 0. The predicted octanol–water partition coefficient (Wildman–Crippen LogP) is 3.56. The SMILES string of the molecule is CCOC(=O)c1cc(C(=O)NCC2CCCCN2Cc2ccccc2)cc([N+](=O)[O-])c1. The fourth-order valence-corrected chi connectivity index (χ4v) is 3.81. The Kier molecular flexibility index (Phi) is 7.72. The Morgan fingerprint density at radius 3 is 2.61 bits per heavy atom. The first-order chi connectivity index (χ1) is 15.0. The van der Waals surface area contributed by atoms with Crippen molar-refractivity contribution in [2.24, 2.45) is 0 Å². The minimum atomic E-state index is -0.693. The summed E-state index contributed by atoms with van der Waals surface area (Å²) in [6.07, 6.45) is 3.18. The largest absolute Gasteiger partial charge is 0.462 e. The summed E-state index contributed by atoms with van der Waals surface area (Å²) < 4.78 is 4.92. The van der Waals surface area contributed by atoms with Gasteiger partial charge in [-0.1, -0.05) is 36.8 Å². The molecule has 0 radical (unpaired) electrons. The molecular weight excluding hydrogens is 398 g/mol. The van der Waals surface area contributed by atoms with E-state index < -0.39 is 16.8 Å². The van der Waals surface area contributed by atoms with Crippen LogP contribution in [0.25, 0.3) is 0 Å². The molecule has 8 nitrogen and oxygen atoms in total. The number of hydrogen-bond donors (Lipinski definition) is 1. The fourth-order valence-electron chi connectivity index (χ4n) is 3.81. The van der Waals surface area contributed by atoms with Gasteiger partial charge in [-0.25, -0.2) is 4.79 Å². The zero-order chi connectivity index (χ0) is 22.2. The van der Waals surface area contributed by atoms with E-state index in [9.17, 15) is 19.7 Å². The Balaban J connectivity index is 1.69. The first kappa shape index (κ1) is 22.4. The number of nitrogens with zero attached hydrogens (tertiary/aromatic N) is 2. The maximum absolute atomic E-state index is 12.8. The predicted molar refractivity (Wildman–Crippen MR) is 116 cm³/mol. The number of amides is 1. The van der Waals surface area contributed by atoms with E-state index in [0.29, 0.717) is 6.54 Å². The molecule has 2 aromatic rings. The lowest BCUT2D eigenvalue weighted by Crippen LogP contribution is -2.46. The molecular formula is C23H27N3O5. The van der Waals surface area contributed by atoms with E-state index in [0.717, 1.165) is 38.4 Å². The summed E-state index contributed by atoms with van der Waals surface area (Å²) in [4.78, 5) is 37.8. The standard InChI is InChI=1S/C23H27N3O5/c1-2-31-23(28)19-12-18(13-21(14-19)26(29)30)22(27)24-15-20-10-6-7-11-25(20)16-17-8-4-3-5-9-17/h3-5,8-9,12-14,20H,2,6-7,10-11,15-16H2,1H3,(H,24,27). The van der Waals surface area contributed by atoms with E-state index in [4.69, 9.17) is 4.74 Å². The number of nitro benzene ring substituents is 1. The molecule has 164 valence electrons. The van der Waals surface area contributed by atoms with E-state index in [1.165, 1.54) is 17.7 Å². The molecule has 1 fully saturated rings. The second-order valence-corrected chi connectivity index (χ2v) is 7.56. The highest BCUT2D eigenvalue weighted by Gasteiger charge is 2.24. The molecule has 1 unspecified atom stereocenters. The lowest BCUT2D eigenvalue weighted by molar-refractivity contribution is -0.384. The van der Waals surface area contributed by atoms with Crippen LogP contribution in [-0.4, -0.2) is 47.4 Å². The van der Waals surface area contributed by atoms with Crippen molar-refractivity contribution in [3.8, 4) is 0 Å². The number of nitrogens with one attached hydrogen (secondary N) is 1. The summed E-state index contributed by atoms with van der Waals surface area (Å²) in [5.41, 5.74) is 0.963. The summed E-state index contributed by atoms with van der Waals surface area (Å²) in [7, 11) is 0. The molecule has 0 aromatic heterocycles. The molecule has 2 aromatic carbocycles. The summed E-state index contributed by atoms with van der Waals surface area (Å²) in [5.74, 6) is -1.14. The number of esters is 1. The van der Waals surface area contributed by atoms with E-state index in [-0.39, 0.29) is 29.5 Å². The fraction of sp³-hybridized carbons (Fsp3) is 0.391. The summed E-state index contributed by atoms with van der Waals surface area (Å²) in [6.45, 7) is 3.99. The molecule has 3 rings (SSSR count). The van der Waals surface area contributed by atoms with Crippen LogP contribution in [0.3, 0.4) is 0 Å². The topological polar surface area (TPSA) is 102 Å². The maximum Gasteiger partial charge on any atom is 0.338 e. The molecule has 31 heavy (non-hydrogen) atoms. The second kappa shape index (κ2) is 10.7. The Bertz CT molecular complexity index is 932. The van der Waals surface area contributed by atoms with Crippen molar-refractivity contribution in [2.45, 2.75) is 38.8 Å². The summed E-state index contributed by atoms with van der Waals surface area (Å²) in [5, 5.41) is 14.1. The third kappa shape index (κ3) is 6.11. The van der Waals surface area contributed by atoms with Gasteiger partial charge in [-0.15, -0.1) is 0 Å². The van der Waals surface area contributed by atoms with Gasteiger partial charge in [-0.3, -0.25) is 19.8 Å². The third-order valence-electron chi connectivity index (χ3n) is 5.38. The van der Waals surface area contributed by atoms with Crippen LogP contribution in [0.15, 0.2) is 48.5 Å². The van der Waals surface area contributed by atoms with Gasteiger partial charge in [0, 0.05) is 36.8 Å². The van der Waals surface area contributed by atoms with Gasteiger partial charge in [0.25, 0.3) is 11.6 Å². The van der Waals surface area contributed by atoms with E-state index in [2.05, 4.69) is 22.3 Å². The van der Waals surface area contributed by atoms with E-state index in [1.54, 1.807) is 6.92 Å². The lowest BCUT2D eigenvalue weighted by atomic mass is 10.0. The molecule has 1 heterocycles. The monoisotopic (exact) mass is 425 g/mol. The Morgan fingerprint density at radius 1 is 1.16 bits per heavy atom. The highest BCUT2D eigenvalue weighted by Crippen LogP contribution is 2.21. The molecule has 1 N–H and O–H groups in total. The van der Waals surface area contributed by atoms with Crippen LogP contribution >= 0.6 is 0 Å². The lowest BCUT2D eigenvalue weighted by Gasteiger charge is -2.35. The molecule has 0 aliphatic carbocycles. The van der Waals surface area contributed by atoms with E-state index in [1.807, 2.05) is 18.2 Å². The zero-order valence-electron chi connectivity index (χ0n) is 17.6. The number of nitro groups is 1. The van der Waals surface area contributed by atoms with Crippen LogP contribution in [0, 0.1) is 10.1 Å². The molecule has 1 atom stereocenters. The van der Waals surface area contributed by atoms with Crippen molar-refractivity contribution in [1.29, 1.82) is 0 Å². The van der Waals surface area contributed by atoms with Crippen molar-refractivity contribution in [1.82, 2.24) is 10.2 Å². The summed E-state index contributed by atoms with van der Waals surface area (Å²) in [6, 6.07) is 14.0. The van der Waals surface area contributed by atoms with Gasteiger partial charge in [0.2, 0.25) is 0 Å². The van der Waals surface area contributed by atoms with Crippen LogP contribution in [0.1, 0.15) is 52.5 Å².